The third-order valence-corrected chi connectivity index (χ3v) is 3.65. The van der Waals surface area contributed by atoms with Gasteiger partial charge in [0.25, 0.3) is 0 Å². The van der Waals surface area contributed by atoms with Gasteiger partial charge in [0, 0.05) is 12.6 Å². The van der Waals surface area contributed by atoms with Crippen LogP contribution in [0.3, 0.4) is 0 Å². The van der Waals surface area contributed by atoms with Crippen molar-refractivity contribution in [3.63, 3.8) is 0 Å². The van der Waals surface area contributed by atoms with Crippen molar-refractivity contribution in [2.24, 2.45) is 0 Å². The zero-order valence-electron chi connectivity index (χ0n) is 12.3. The first-order chi connectivity index (χ1) is 9.76. The lowest BCUT2D eigenvalue weighted by molar-refractivity contribution is -0.00588. The van der Waals surface area contributed by atoms with E-state index in [0.29, 0.717) is 37.1 Å². The lowest BCUT2D eigenvalue weighted by atomic mass is 10.1. The van der Waals surface area contributed by atoms with E-state index < -0.39 is 0 Å². The van der Waals surface area contributed by atoms with Gasteiger partial charge in [-0.1, -0.05) is 19.1 Å². The Kier molecular flexibility index (Phi) is 5.56. The smallest absolute Gasteiger partial charge is 0.180 e. The number of ether oxygens (including phenoxy) is 2. The summed E-state index contributed by atoms with van der Waals surface area (Å²) >= 11 is 0. The Hall–Kier alpha value is -1.39. The third kappa shape index (κ3) is 3.58. The molecule has 1 saturated heterocycles. The number of carbonyl (C=O) groups is 1. The molecule has 0 radical (unpaired) electrons. The van der Waals surface area contributed by atoms with Crippen molar-refractivity contribution >= 4 is 5.78 Å². The lowest BCUT2D eigenvalue weighted by Crippen LogP contribution is -2.47. The van der Waals surface area contributed by atoms with Crippen LogP contribution in [-0.2, 0) is 4.74 Å². The highest BCUT2D eigenvalue weighted by molar-refractivity contribution is 6.00. The summed E-state index contributed by atoms with van der Waals surface area (Å²) in [5.41, 5.74) is 0.677. The quantitative estimate of drug-likeness (QED) is 0.748. The monoisotopic (exact) mass is 277 g/mol. The number of morpholine rings is 1. The van der Waals surface area contributed by atoms with Crippen molar-refractivity contribution in [1.29, 1.82) is 0 Å². The number of carbonyl (C=O) groups excluding carboxylic acids is 1. The minimum Gasteiger partial charge on any atom is -0.493 e. The maximum absolute atomic E-state index is 12.5. The first-order valence-corrected chi connectivity index (χ1v) is 7.33. The average molecular weight is 277 g/mol. The molecule has 0 N–H and O–H groups in total. The number of para-hydroxylation sites is 1. The molecule has 20 heavy (non-hydrogen) atoms. The predicted molar refractivity (Wildman–Crippen MR) is 78.4 cm³/mol. The Bertz CT molecular complexity index is 447. The number of hydrogen-bond acceptors (Lipinski definition) is 4. The van der Waals surface area contributed by atoms with Gasteiger partial charge in [-0.15, -0.1) is 0 Å². The highest BCUT2D eigenvalue weighted by atomic mass is 16.5. The summed E-state index contributed by atoms with van der Waals surface area (Å²) in [4.78, 5) is 14.7. The number of ketones is 1. The summed E-state index contributed by atoms with van der Waals surface area (Å²) in [6.07, 6.45) is 1.00. The largest absolute Gasteiger partial charge is 0.493 e. The van der Waals surface area contributed by atoms with E-state index in [2.05, 4.69) is 11.8 Å². The molecular formula is C16H23NO3. The molecule has 0 saturated carbocycles. The van der Waals surface area contributed by atoms with E-state index in [4.69, 9.17) is 9.47 Å². The fourth-order valence-electron chi connectivity index (χ4n) is 2.52. The first kappa shape index (κ1) is 15.0. The third-order valence-electron chi connectivity index (χ3n) is 3.65. The minimum atomic E-state index is 0.120. The summed E-state index contributed by atoms with van der Waals surface area (Å²) in [5.74, 6) is 0.802. The molecule has 0 aliphatic carbocycles. The molecule has 0 aromatic heterocycles. The van der Waals surface area contributed by atoms with Crippen molar-refractivity contribution in [2.45, 2.75) is 26.3 Å². The molecule has 4 heteroatoms. The van der Waals surface area contributed by atoms with Gasteiger partial charge in [-0.3, -0.25) is 9.69 Å². The van der Waals surface area contributed by atoms with Crippen molar-refractivity contribution < 1.29 is 14.3 Å². The maximum Gasteiger partial charge on any atom is 0.180 e. The number of benzene rings is 1. The highest BCUT2D eigenvalue weighted by Crippen LogP contribution is 2.20. The van der Waals surface area contributed by atoms with E-state index in [1.54, 1.807) is 0 Å². The maximum atomic E-state index is 12.5. The number of Topliss-reactive ketones (excluding diaryl/α,β-unsaturated/α-hetero) is 1. The lowest BCUT2D eigenvalue weighted by Gasteiger charge is -2.34. The Morgan fingerprint density at radius 2 is 2.20 bits per heavy atom. The van der Waals surface area contributed by atoms with E-state index in [1.165, 1.54) is 0 Å². The molecule has 0 spiro atoms. The van der Waals surface area contributed by atoms with Gasteiger partial charge in [-0.2, -0.15) is 0 Å². The molecular weight excluding hydrogens is 254 g/mol. The van der Waals surface area contributed by atoms with Crippen LogP contribution in [0.5, 0.6) is 5.75 Å². The van der Waals surface area contributed by atoms with E-state index in [9.17, 15) is 4.79 Å². The molecule has 1 atom stereocenters. The topological polar surface area (TPSA) is 38.8 Å². The van der Waals surface area contributed by atoms with Gasteiger partial charge >= 0.3 is 0 Å². The van der Waals surface area contributed by atoms with Gasteiger partial charge in [-0.05, 0) is 25.5 Å². The zero-order chi connectivity index (χ0) is 14.4. The van der Waals surface area contributed by atoms with Crippen LogP contribution >= 0.6 is 0 Å². The Morgan fingerprint density at radius 3 is 2.95 bits per heavy atom. The molecule has 1 fully saturated rings. The van der Waals surface area contributed by atoms with Gasteiger partial charge in [0.2, 0.25) is 0 Å². The molecule has 4 nitrogen and oxygen atoms in total. The van der Waals surface area contributed by atoms with Gasteiger partial charge in [0.15, 0.2) is 5.78 Å². The second-order valence-corrected chi connectivity index (χ2v) is 4.96. The first-order valence-electron chi connectivity index (χ1n) is 7.33. The molecule has 2 rings (SSSR count). The normalized spacial score (nSPS) is 19.8. The van der Waals surface area contributed by atoms with Crippen molar-refractivity contribution in [2.75, 3.05) is 32.9 Å². The van der Waals surface area contributed by atoms with E-state index >= 15 is 0 Å². The van der Waals surface area contributed by atoms with Crippen LogP contribution in [0.1, 0.15) is 30.6 Å². The van der Waals surface area contributed by atoms with Crippen LogP contribution in [0, 0.1) is 0 Å². The molecule has 0 amide bonds. The number of nitrogens with zero attached hydrogens (tertiary/aromatic N) is 1. The summed E-state index contributed by atoms with van der Waals surface area (Å²) in [7, 11) is 0. The summed E-state index contributed by atoms with van der Waals surface area (Å²) in [6, 6.07) is 7.81. The standard InChI is InChI=1S/C16H23NO3/c1-3-13-12-19-10-9-17(13)11-15(18)14-7-5-6-8-16(14)20-4-2/h5-8,13H,3-4,9-12H2,1-2H3. The highest BCUT2D eigenvalue weighted by Gasteiger charge is 2.24. The molecule has 1 aromatic carbocycles. The average Bonchev–Trinajstić information content (AvgIpc) is 2.48. The molecule has 1 aliphatic heterocycles. The molecule has 1 unspecified atom stereocenters. The van der Waals surface area contributed by atoms with Crippen LogP contribution in [0.2, 0.25) is 0 Å². The fraction of sp³-hybridized carbons (Fsp3) is 0.562. The minimum absolute atomic E-state index is 0.120. The second kappa shape index (κ2) is 7.41. The molecule has 0 bridgehead atoms. The zero-order valence-corrected chi connectivity index (χ0v) is 12.3. The fourth-order valence-corrected chi connectivity index (χ4v) is 2.52. The molecule has 1 aliphatic rings. The summed E-state index contributed by atoms with van der Waals surface area (Å²) in [6.45, 7) is 7.31. The van der Waals surface area contributed by atoms with Gasteiger partial charge in [0.1, 0.15) is 5.75 Å². The van der Waals surface area contributed by atoms with Crippen molar-refractivity contribution in [1.82, 2.24) is 4.90 Å². The number of hydrogen-bond donors (Lipinski definition) is 0. The van der Waals surface area contributed by atoms with Gasteiger partial charge < -0.3 is 9.47 Å². The second-order valence-electron chi connectivity index (χ2n) is 4.96. The summed E-state index contributed by atoms with van der Waals surface area (Å²) < 4.78 is 11.0. The van der Waals surface area contributed by atoms with E-state index in [1.807, 2.05) is 31.2 Å². The van der Waals surface area contributed by atoms with Crippen LogP contribution < -0.4 is 4.74 Å². The van der Waals surface area contributed by atoms with Crippen LogP contribution in [0.25, 0.3) is 0 Å². The van der Waals surface area contributed by atoms with Crippen LogP contribution in [0.15, 0.2) is 24.3 Å². The molecule has 1 heterocycles. The Balaban J connectivity index is 2.07. The van der Waals surface area contributed by atoms with Crippen LogP contribution in [0.4, 0.5) is 0 Å². The molecule has 1 aromatic rings. The summed E-state index contributed by atoms with van der Waals surface area (Å²) in [5, 5.41) is 0. The van der Waals surface area contributed by atoms with Crippen molar-refractivity contribution in [3.8, 4) is 5.75 Å². The van der Waals surface area contributed by atoms with Crippen LogP contribution in [-0.4, -0.2) is 49.6 Å². The van der Waals surface area contributed by atoms with E-state index in [0.717, 1.165) is 19.6 Å². The molecule has 110 valence electrons. The van der Waals surface area contributed by atoms with E-state index in [-0.39, 0.29) is 5.78 Å². The van der Waals surface area contributed by atoms with Gasteiger partial charge in [-0.25, -0.2) is 0 Å². The SMILES string of the molecule is CCOc1ccccc1C(=O)CN1CCOCC1CC. The predicted octanol–water partition coefficient (Wildman–Crippen LogP) is 2.38. The Morgan fingerprint density at radius 1 is 1.40 bits per heavy atom. The van der Waals surface area contributed by atoms with Crippen molar-refractivity contribution in [3.05, 3.63) is 29.8 Å². The van der Waals surface area contributed by atoms with Gasteiger partial charge in [0.05, 0.1) is 31.9 Å². The Labute approximate surface area is 120 Å². The number of rotatable bonds is 6.